The molecule has 1 amide bonds. The Morgan fingerprint density at radius 3 is 2.67 bits per heavy atom. The van der Waals surface area contributed by atoms with Crippen LogP contribution in [-0.2, 0) is 16.1 Å². The van der Waals surface area contributed by atoms with E-state index in [-0.39, 0.29) is 5.91 Å². The molecule has 0 saturated carbocycles. The van der Waals surface area contributed by atoms with Crippen LogP contribution in [0.1, 0.15) is 11.1 Å². The van der Waals surface area contributed by atoms with Gasteiger partial charge in [0.1, 0.15) is 6.61 Å². The Labute approximate surface area is 184 Å². The van der Waals surface area contributed by atoms with E-state index in [2.05, 4.69) is 9.89 Å². The molecular weight excluding hydrogens is 424 g/mol. The Morgan fingerprint density at radius 1 is 1.17 bits per heavy atom. The summed E-state index contributed by atoms with van der Waals surface area (Å²) >= 11 is 7.31. The lowest BCUT2D eigenvalue weighted by molar-refractivity contribution is -0.113. The van der Waals surface area contributed by atoms with Crippen LogP contribution in [0.25, 0.3) is 6.08 Å². The van der Waals surface area contributed by atoms with Gasteiger partial charge in [0.2, 0.25) is 0 Å². The number of halogens is 1. The number of amidine groups is 1. The first kappa shape index (κ1) is 20.8. The zero-order chi connectivity index (χ0) is 20.9. The van der Waals surface area contributed by atoms with Crippen molar-refractivity contribution in [2.45, 2.75) is 6.61 Å². The molecule has 2 aliphatic heterocycles. The number of carbonyl (C=O) groups is 1. The maximum atomic E-state index is 12.3. The minimum absolute atomic E-state index is 0.219. The molecule has 6 nitrogen and oxygen atoms in total. The van der Waals surface area contributed by atoms with Crippen LogP contribution in [0.5, 0.6) is 11.5 Å². The Hall–Kier alpha value is -2.48. The van der Waals surface area contributed by atoms with E-state index >= 15 is 0 Å². The van der Waals surface area contributed by atoms with Crippen LogP contribution in [0.15, 0.2) is 52.4 Å². The SMILES string of the molecule is COc1cc(/C=C2\SC(N3CCOCC3)=NC2=O)ccc1OCc1ccc(Cl)cc1. The first-order valence-electron chi connectivity index (χ1n) is 9.53. The maximum absolute atomic E-state index is 12.3. The van der Waals surface area contributed by atoms with Crippen molar-refractivity contribution < 1.29 is 19.0 Å². The summed E-state index contributed by atoms with van der Waals surface area (Å²) in [7, 11) is 1.59. The van der Waals surface area contributed by atoms with Gasteiger partial charge in [0.25, 0.3) is 5.91 Å². The zero-order valence-electron chi connectivity index (χ0n) is 16.5. The number of carbonyl (C=O) groups excluding carboxylic acids is 1. The normalized spacial score (nSPS) is 17.9. The number of benzene rings is 2. The number of hydrogen-bond acceptors (Lipinski definition) is 6. The Balaban J connectivity index is 1.44. The molecule has 4 rings (SSSR count). The minimum Gasteiger partial charge on any atom is -0.493 e. The van der Waals surface area contributed by atoms with Crippen molar-refractivity contribution in [3.8, 4) is 11.5 Å². The van der Waals surface area contributed by atoms with Crippen molar-refractivity contribution in [2.75, 3.05) is 33.4 Å². The van der Waals surface area contributed by atoms with Crippen molar-refractivity contribution in [1.29, 1.82) is 0 Å². The first-order chi connectivity index (χ1) is 14.6. The monoisotopic (exact) mass is 444 g/mol. The molecule has 0 aliphatic carbocycles. The summed E-state index contributed by atoms with van der Waals surface area (Å²) in [6.07, 6.45) is 1.83. The molecule has 8 heteroatoms. The van der Waals surface area contributed by atoms with Gasteiger partial charge < -0.3 is 19.1 Å². The van der Waals surface area contributed by atoms with E-state index in [1.807, 2.05) is 48.5 Å². The van der Waals surface area contributed by atoms with Crippen molar-refractivity contribution in [2.24, 2.45) is 4.99 Å². The van der Waals surface area contributed by atoms with Gasteiger partial charge in [-0.3, -0.25) is 4.79 Å². The molecule has 0 aromatic heterocycles. The van der Waals surface area contributed by atoms with E-state index in [0.29, 0.717) is 41.2 Å². The number of hydrogen-bond donors (Lipinski definition) is 0. The van der Waals surface area contributed by atoms with Gasteiger partial charge in [-0.15, -0.1) is 0 Å². The van der Waals surface area contributed by atoms with E-state index in [1.54, 1.807) is 7.11 Å². The summed E-state index contributed by atoms with van der Waals surface area (Å²) in [5.74, 6) is 1.01. The third kappa shape index (κ3) is 4.98. The van der Waals surface area contributed by atoms with Crippen molar-refractivity contribution in [3.63, 3.8) is 0 Å². The molecule has 0 bridgehead atoms. The van der Waals surface area contributed by atoms with Gasteiger partial charge in [0.05, 0.1) is 25.2 Å². The Bertz CT molecular complexity index is 985. The molecule has 0 radical (unpaired) electrons. The Morgan fingerprint density at radius 2 is 1.93 bits per heavy atom. The highest BCUT2D eigenvalue weighted by Gasteiger charge is 2.27. The molecular formula is C22H21ClN2O4S. The fourth-order valence-electron chi connectivity index (χ4n) is 3.07. The second-order valence-corrected chi connectivity index (χ2v) is 8.18. The third-order valence-electron chi connectivity index (χ3n) is 4.68. The molecule has 0 atom stereocenters. The van der Waals surface area contributed by atoms with Gasteiger partial charge in [-0.05, 0) is 53.2 Å². The molecule has 0 spiro atoms. The third-order valence-corrected chi connectivity index (χ3v) is 5.98. The summed E-state index contributed by atoms with van der Waals surface area (Å²) in [6.45, 7) is 3.21. The molecule has 2 heterocycles. The molecule has 30 heavy (non-hydrogen) atoms. The highest BCUT2D eigenvalue weighted by atomic mass is 35.5. The number of ether oxygens (including phenoxy) is 3. The van der Waals surface area contributed by atoms with Crippen LogP contribution < -0.4 is 9.47 Å². The molecule has 2 aromatic carbocycles. The van der Waals surface area contributed by atoms with Gasteiger partial charge in [-0.2, -0.15) is 4.99 Å². The predicted molar refractivity (Wildman–Crippen MR) is 119 cm³/mol. The maximum Gasteiger partial charge on any atom is 0.286 e. The average Bonchev–Trinajstić information content (AvgIpc) is 3.14. The lowest BCUT2D eigenvalue weighted by Gasteiger charge is -2.27. The van der Waals surface area contributed by atoms with Crippen LogP contribution in [0, 0.1) is 0 Å². The van der Waals surface area contributed by atoms with Gasteiger partial charge in [-0.25, -0.2) is 0 Å². The fourth-order valence-corrected chi connectivity index (χ4v) is 4.17. The number of aliphatic imine (C=N–C) groups is 1. The van der Waals surface area contributed by atoms with Crippen molar-refractivity contribution in [3.05, 3.63) is 63.5 Å². The molecule has 156 valence electrons. The van der Waals surface area contributed by atoms with Gasteiger partial charge in [0.15, 0.2) is 16.7 Å². The number of amides is 1. The van der Waals surface area contributed by atoms with E-state index < -0.39 is 0 Å². The molecule has 0 N–H and O–H groups in total. The number of methoxy groups -OCH3 is 1. The minimum atomic E-state index is -0.219. The van der Waals surface area contributed by atoms with Crippen LogP contribution in [0.2, 0.25) is 5.02 Å². The average molecular weight is 445 g/mol. The highest BCUT2D eigenvalue weighted by molar-refractivity contribution is 8.18. The molecule has 0 unspecified atom stereocenters. The fraction of sp³-hybridized carbons (Fsp3) is 0.273. The summed E-state index contributed by atoms with van der Waals surface area (Å²) in [5.41, 5.74) is 1.85. The molecule has 2 aliphatic rings. The molecule has 2 aromatic rings. The standard InChI is InChI=1S/C22H21ClN2O4S/c1-27-19-12-16(4-7-18(19)29-14-15-2-5-17(23)6-3-15)13-20-21(26)24-22(30-20)25-8-10-28-11-9-25/h2-7,12-13H,8-11,14H2,1H3/b20-13-. The first-order valence-corrected chi connectivity index (χ1v) is 10.7. The number of morpholine rings is 1. The van der Waals surface area contributed by atoms with Gasteiger partial charge in [0, 0.05) is 18.1 Å². The summed E-state index contributed by atoms with van der Waals surface area (Å²) in [6, 6.07) is 13.1. The second-order valence-electron chi connectivity index (χ2n) is 6.74. The highest BCUT2D eigenvalue weighted by Crippen LogP contribution is 2.34. The zero-order valence-corrected chi connectivity index (χ0v) is 18.0. The topological polar surface area (TPSA) is 60.4 Å². The van der Waals surface area contributed by atoms with E-state index in [0.717, 1.165) is 29.4 Å². The number of nitrogens with zero attached hydrogens (tertiary/aromatic N) is 2. The van der Waals surface area contributed by atoms with Crippen LogP contribution in [-0.4, -0.2) is 49.4 Å². The lowest BCUT2D eigenvalue weighted by atomic mass is 10.2. The van der Waals surface area contributed by atoms with Crippen LogP contribution in [0.3, 0.4) is 0 Å². The molecule has 1 saturated heterocycles. The molecule has 1 fully saturated rings. The summed E-state index contributed by atoms with van der Waals surface area (Å²) in [5, 5.41) is 1.43. The quantitative estimate of drug-likeness (QED) is 0.643. The van der Waals surface area contributed by atoms with Crippen LogP contribution in [0.4, 0.5) is 0 Å². The van der Waals surface area contributed by atoms with E-state index in [4.69, 9.17) is 25.8 Å². The lowest BCUT2D eigenvalue weighted by Crippen LogP contribution is -2.38. The number of rotatable bonds is 5. The van der Waals surface area contributed by atoms with E-state index in [1.165, 1.54) is 11.8 Å². The number of thioether (sulfide) groups is 1. The summed E-state index contributed by atoms with van der Waals surface area (Å²) < 4.78 is 16.7. The smallest absolute Gasteiger partial charge is 0.286 e. The second kappa shape index (κ2) is 9.55. The van der Waals surface area contributed by atoms with Crippen LogP contribution >= 0.6 is 23.4 Å². The van der Waals surface area contributed by atoms with Gasteiger partial charge >= 0.3 is 0 Å². The van der Waals surface area contributed by atoms with Crippen molar-refractivity contribution >= 4 is 40.5 Å². The van der Waals surface area contributed by atoms with E-state index in [9.17, 15) is 4.79 Å². The van der Waals surface area contributed by atoms with Crippen molar-refractivity contribution in [1.82, 2.24) is 4.90 Å². The van der Waals surface area contributed by atoms with Gasteiger partial charge in [-0.1, -0.05) is 29.8 Å². The predicted octanol–water partition coefficient (Wildman–Crippen LogP) is 4.23. The largest absolute Gasteiger partial charge is 0.493 e. The Kier molecular flexibility index (Phi) is 6.62. The summed E-state index contributed by atoms with van der Waals surface area (Å²) in [4.78, 5) is 19.2.